The quantitative estimate of drug-likeness (QED) is 0.831. The average Bonchev–Trinajstić information content (AvgIpc) is 2.24. The molecule has 2 atom stereocenters. The molecule has 108 valence electrons. The molecular weight excluding hydrogens is 248 g/mol. The molecule has 0 radical (unpaired) electrons. The Balaban J connectivity index is 2.62. The van der Waals surface area contributed by atoms with Crippen LogP contribution in [0.2, 0.25) is 0 Å². The largest absolute Gasteiger partial charge is 0.393 e. The zero-order chi connectivity index (χ0) is 14.6. The summed E-state index contributed by atoms with van der Waals surface area (Å²) >= 11 is 0. The van der Waals surface area contributed by atoms with E-state index < -0.39 is 11.6 Å². The molecule has 0 aliphatic carbocycles. The second-order valence-corrected chi connectivity index (χ2v) is 5.99. The van der Waals surface area contributed by atoms with E-state index in [1.54, 1.807) is 6.92 Å². The first kappa shape index (κ1) is 16.1. The minimum Gasteiger partial charge on any atom is -0.393 e. The van der Waals surface area contributed by atoms with Crippen LogP contribution in [0.4, 0.5) is 8.78 Å². The SMILES string of the molecule is CC(O)CC(C)(C)CNC(C)c1ccc(F)cc1F. The highest BCUT2D eigenvalue weighted by atomic mass is 19.1. The van der Waals surface area contributed by atoms with Gasteiger partial charge in [0.2, 0.25) is 0 Å². The van der Waals surface area contributed by atoms with Crippen molar-refractivity contribution in [3.05, 3.63) is 35.4 Å². The molecule has 0 bridgehead atoms. The second kappa shape index (κ2) is 6.44. The lowest BCUT2D eigenvalue weighted by Crippen LogP contribution is -2.33. The predicted octanol–water partition coefficient (Wildman–Crippen LogP) is 3.41. The molecule has 0 saturated carbocycles. The van der Waals surface area contributed by atoms with Crippen molar-refractivity contribution in [2.24, 2.45) is 5.41 Å². The molecule has 0 amide bonds. The third-order valence-electron chi connectivity index (χ3n) is 3.16. The zero-order valence-electron chi connectivity index (χ0n) is 12.0. The number of benzene rings is 1. The zero-order valence-corrected chi connectivity index (χ0v) is 12.0. The number of hydrogen-bond donors (Lipinski definition) is 2. The molecule has 1 aromatic carbocycles. The third-order valence-corrected chi connectivity index (χ3v) is 3.16. The smallest absolute Gasteiger partial charge is 0.130 e. The molecule has 2 nitrogen and oxygen atoms in total. The lowest BCUT2D eigenvalue weighted by atomic mass is 9.86. The number of nitrogens with one attached hydrogen (secondary N) is 1. The summed E-state index contributed by atoms with van der Waals surface area (Å²) in [4.78, 5) is 0. The first-order valence-corrected chi connectivity index (χ1v) is 6.58. The second-order valence-electron chi connectivity index (χ2n) is 5.99. The highest BCUT2D eigenvalue weighted by Gasteiger charge is 2.21. The van der Waals surface area contributed by atoms with Crippen molar-refractivity contribution in [1.82, 2.24) is 5.32 Å². The maximum atomic E-state index is 13.6. The van der Waals surface area contributed by atoms with Gasteiger partial charge in [-0.25, -0.2) is 8.78 Å². The number of rotatable bonds is 6. The molecule has 0 heterocycles. The highest BCUT2D eigenvalue weighted by Crippen LogP contribution is 2.24. The molecule has 0 aromatic heterocycles. The number of aliphatic hydroxyl groups excluding tert-OH is 1. The first-order valence-electron chi connectivity index (χ1n) is 6.58. The lowest BCUT2D eigenvalue weighted by molar-refractivity contribution is 0.126. The monoisotopic (exact) mass is 271 g/mol. The fraction of sp³-hybridized carbons (Fsp3) is 0.600. The maximum Gasteiger partial charge on any atom is 0.130 e. The van der Waals surface area contributed by atoms with Crippen molar-refractivity contribution in [3.63, 3.8) is 0 Å². The van der Waals surface area contributed by atoms with Crippen LogP contribution < -0.4 is 5.32 Å². The van der Waals surface area contributed by atoms with Gasteiger partial charge in [-0.05, 0) is 31.7 Å². The summed E-state index contributed by atoms with van der Waals surface area (Å²) in [5, 5.41) is 12.6. The van der Waals surface area contributed by atoms with Crippen LogP contribution in [0.1, 0.15) is 45.7 Å². The maximum absolute atomic E-state index is 13.6. The van der Waals surface area contributed by atoms with Crippen LogP contribution in [0, 0.1) is 17.0 Å². The highest BCUT2D eigenvalue weighted by molar-refractivity contribution is 5.21. The van der Waals surface area contributed by atoms with Gasteiger partial charge in [0.15, 0.2) is 0 Å². The van der Waals surface area contributed by atoms with Crippen molar-refractivity contribution in [2.75, 3.05) is 6.54 Å². The summed E-state index contributed by atoms with van der Waals surface area (Å²) in [6.45, 7) is 8.33. The molecule has 2 unspecified atom stereocenters. The predicted molar refractivity (Wildman–Crippen MR) is 72.9 cm³/mol. The Bertz CT molecular complexity index is 419. The normalized spacial score (nSPS) is 15.3. The van der Waals surface area contributed by atoms with E-state index in [0.717, 1.165) is 6.07 Å². The van der Waals surface area contributed by atoms with Crippen molar-refractivity contribution < 1.29 is 13.9 Å². The van der Waals surface area contributed by atoms with Crippen LogP contribution in [-0.4, -0.2) is 17.8 Å². The van der Waals surface area contributed by atoms with Gasteiger partial charge >= 0.3 is 0 Å². The molecule has 4 heteroatoms. The molecule has 2 N–H and O–H groups in total. The van der Waals surface area contributed by atoms with E-state index in [4.69, 9.17) is 0 Å². The van der Waals surface area contributed by atoms with Crippen LogP contribution in [-0.2, 0) is 0 Å². The summed E-state index contributed by atoms with van der Waals surface area (Å²) in [7, 11) is 0. The average molecular weight is 271 g/mol. The van der Waals surface area contributed by atoms with Gasteiger partial charge in [0, 0.05) is 24.2 Å². The van der Waals surface area contributed by atoms with Crippen molar-refractivity contribution in [3.8, 4) is 0 Å². The first-order chi connectivity index (χ1) is 8.71. The molecule has 19 heavy (non-hydrogen) atoms. The van der Waals surface area contributed by atoms with E-state index in [0.29, 0.717) is 18.5 Å². The fourth-order valence-electron chi connectivity index (χ4n) is 2.26. The molecule has 0 fully saturated rings. The van der Waals surface area contributed by atoms with Crippen LogP contribution in [0.3, 0.4) is 0 Å². The van der Waals surface area contributed by atoms with Crippen molar-refractivity contribution in [1.29, 1.82) is 0 Å². The van der Waals surface area contributed by atoms with Crippen molar-refractivity contribution in [2.45, 2.75) is 46.3 Å². The van der Waals surface area contributed by atoms with Gasteiger partial charge in [0.1, 0.15) is 11.6 Å². The van der Waals surface area contributed by atoms with Crippen LogP contribution in [0.25, 0.3) is 0 Å². The molecule has 0 saturated heterocycles. The van der Waals surface area contributed by atoms with E-state index in [-0.39, 0.29) is 17.6 Å². The standard InChI is InChI=1S/C15H23F2NO/c1-10(19)8-15(3,4)9-18-11(2)13-6-5-12(16)7-14(13)17/h5-7,10-11,18-19H,8-9H2,1-4H3. The number of aliphatic hydroxyl groups is 1. The lowest BCUT2D eigenvalue weighted by Gasteiger charge is -2.28. The summed E-state index contributed by atoms with van der Waals surface area (Å²) in [5.41, 5.74) is 0.369. The number of hydrogen-bond acceptors (Lipinski definition) is 2. The Morgan fingerprint density at radius 1 is 1.26 bits per heavy atom. The molecular formula is C15H23F2NO. The summed E-state index contributed by atoms with van der Waals surface area (Å²) < 4.78 is 26.5. The minimum absolute atomic E-state index is 0.0844. The fourth-order valence-corrected chi connectivity index (χ4v) is 2.26. The van der Waals surface area contributed by atoms with Crippen LogP contribution >= 0.6 is 0 Å². The Hall–Kier alpha value is -1.00. The molecule has 0 aliphatic heterocycles. The Labute approximate surface area is 113 Å². The Kier molecular flexibility index (Phi) is 5.44. The summed E-state index contributed by atoms with van der Waals surface area (Å²) in [5.74, 6) is -1.10. The molecule has 0 aliphatic rings. The van der Waals surface area contributed by atoms with Gasteiger partial charge < -0.3 is 10.4 Å². The van der Waals surface area contributed by atoms with E-state index in [1.165, 1.54) is 12.1 Å². The summed E-state index contributed by atoms with van der Waals surface area (Å²) in [6, 6.07) is 3.42. The van der Waals surface area contributed by atoms with E-state index >= 15 is 0 Å². The summed E-state index contributed by atoms with van der Waals surface area (Å²) in [6.07, 6.45) is 0.299. The van der Waals surface area contributed by atoms with Gasteiger partial charge in [-0.15, -0.1) is 0 Å². The van der Waals surface area contributed by atoms with Gasteiger partial charge in [-0.2, -0.15) is 0 Å². The van der Waals surface area contributed by atoms with E-state index in [2.05, 4.69) is 5.32 Å². The molecule has 0 spiro atoms. The van der Waals surface area contributed by atoms with Crippen molar-refractivity contribution >= 4 is 0 Å². The van der Waals surface area contributed by atoms with Gasteiger partial charge in [0.05, 0.1) is 6.10 Å². The minimum atomic E-state index is -0.567. The van der Waals surface area contributed by atoms with E-state index in [9.17, 15) is 13.9 Å². The Morgan fingerprint density at radius 2 is 1.89 bits per heavy atom. The van der Waals surface area contributed by atoms with Gasteiger partial charge in [-0.1, -0.05) is 19.9 Å². The topological polar surface area (TPSA) is 32.3 Å². The van der Waals surface area contributed by atoms with Gasteiger partial charge in [-0.3, -0.25) is 0 Å². The number of halogens is 2. The molecule has 1 rings (SSSR count). The van der Waals surface area contributed by atoms with Gasteiger partial charge in [0.25, 0.3) is 0 Å². The third kappa shape index (κ3) is 5.25. The van der Waals surface area contributed by atoms with Crippen LogP contribution in [0.15, 0.2) is 18.2 Å². The molecule has 1 aromatic rings. The van der Waals surface area contributed by atoms with E-state index in [1.807, 2.05) is 20.8 Å². The van der Waals surface area contributed by atoms with Crippen LogP contribution in [0.5, 0.6) is 0 Å². The Morgan fingerprint density at radius 3 is 2.42 bits per heavy atom.